The highest BCUT2D eigenvalue weighted by Crippen LogP contribution is 2.46. The van der Waals surface area contributed by atoms with E-state index in [0.29, 0.717) is 44.8 Å². The number of carbonyl (C=O) groups excluding carboxylic acids is 2. The van der Waals surface area contributed by atoms with Crippen LogP contribution in [0.1, 0.15) is 17.2 Å². The number of amides is 1. The molecule has 4 aromatic rings. The number of benzene rings is 3. The molecule has 2 heterocycles. The topological polar surface area (TPSA) is 107 Å². The Kier molecular flexibility index (Phi) is 6.64. The molecule has 1 unspecified atom stereocenters. The van der Waals surface area contributed by atoms with Gasteiger partial charge in [0, 0.05) is 5.56 Å². The summed E-state index contributed by atoms with van der Waals surface area (Å²) >= 11 is 1.24. The average Bonchev–Trinajstić information content (AvgIpc) is 3.49. The molecule has 1 saturated heterocycles. The third-order valence-electron chi connectivity index (χ3n) is 6.30. The van der Waals surface area contributed by atoms with Crippen LogP contribution in [0.2, 0.25) is 0 Å². The van der Waals surface area contributed by atoms with Crippen LogP contribution >= 0.6 is 11.3 Å². The van der Waals surface area contributed by atoms with Gasteiger partial charge in [0.2, 0.25) is 0 Å². The quantitative estimate of drug-likeness (QED) is 0.202. The Bertz CT molecular complexity index is 1590. The van der Waals surface area contributed by atoms with Crippen molar-refractivity contribution in [2.75, 3.05) is 33.3 Å². The van der Waals surface area contributed by atoms with Crippen molar-refractivity contribution in [3.05, 3.63) is 77.4 Å². The van der Waals surface area contributed by atoms with Crippen LogP contribution in [0.25, 0.3) is 16.0 Å². The molecule has 5 rings (SSSR count). The lowest BCUT2D eigenvalue weighted by molar-refractivity contribution is -0.132. The summed E-state index contributed by atoms with van der Waals surface area (Å²) in [4.78, 5) is 33.0. The third kappa shape index (κ3) is 4.18. The van der Waals surface area contributed by atoms with E-state index in [9.17, 15) is 14.7 Å². The number of rotatable bonds is 7. The van der Waals surface area contributed by atoms with Gasteiger partial charge in [-0.15, -0.1) is 0 Å². The second-order valence-electron chi connectivity index (χ2n) is 8.35. The molecule has 0 radical (unpaired) electrons. The molecule has 0 bridgehead atoms. The number of fused-ring (bicyclic) bond motifs is 1. The fraction of sp³-hybridized carbons (Fsp3) is 0.179. The van der Waals surface area contributed by atoms with Crippen LogP contribution in [-0.4, -0.2) is 50.2 Å². The molecule has 0 spiro atoms. The number of aromatic nitrogens is 1. The van der Waals surface area contributed by atoms with Crippen molar-refractivity contribution in [2.45, 2.75) is 6.04 Å². The highest BCUT2D eigenvalue weighted by molar-refractivity contribution is 7.22. The zero-order valence-corrected chi connectivity index (χ0v) is 21.9. The van der Waals surface area contributed by atoms with E-state index in [1.807, 2.05) is 6.07 Å². The number of anilines is 1. The number of thiazole rings is 1. The first kappa shape index (κ1) is 25.1. The molecule has 1 aromatic heterocycles. The number of aliphatic hydroxyl groups is 1. The molecule has 38 heavy (non-hydrogen) atoms. The molecule has 1 aliphatic heterocycles. The van der Waals surface area contributed by atoms with Crippen LogP contribution in [0.4, 0.5) is 5.13 Å². The number of ether oxygens (including phenoxy) is 4. The summed E-state index contributed by atoms with van der Waals surface area (Å²) in [5.41, 5.74) is 1.43. The largest absolute Gasteiger partial charge is 0.507 e. The van der Waals surface area contributed by atoms with Crippen LogP contribution < -0.4 is 23.8 Å². The summed E-state index contributed by atoms with van der Waals surface area (Å²) in [6.45, 7) is 0. The van der Waals surface area contributed by atoms with E-state index >= 15 is 0 Å². The van der Waals surface area contributed by atoms with E-state index in [1.165, 1.54) is 37.6 Å². The molecule has 1 fully saturated rings. The number of methoxy groups -OCH3 is 4. The van der Waals surface area contributed by atoms with Gasteiger partial charge in [-0.1, -0.05) is 29.5 Å². The minimum Gasteiger partial charge on any atom is -0.507 e. The van der Waals surface area contributed by atoms with Gasteiger partial charge < -0.3 is 24.1 Å². The first-order valence-electron chi connectivity index (χ1n) is 11.5. The van der Waals surface area contributed by atoms with Gasteiger partial charge in [-0.3, -0.25) is 14.5 Å². The van der Waals surface area contributed by atoms with E-state index in [-0.39, 0.29) is 11.3 Å². The second-order valence-corrected chi connectivity index (χ2v) is 9.35. The van der Waals surface area contributed by atoms with Gasteiger partial charge in [0.15, 0.2) is 16.6 Å². The van der Waals surface area contributed by atoms with Crippen molar-refractivity contribution in [1.29, 1.82) is 0 Å². The standard InChI is InChI=1S/C28H24N2O7S/c1-34-17-7-5-6-16(12-17)25(31)23-24(15-8-11-20(36-3)21(13-15)37-4)30(27(33)26(23)32)28-29-19-10-9-18(35-2)14-22(19)38-28/h5-14,24,31H,1-4H3/b25-23+. The molecular formula is C28H24N2O7S. The Hall–Kier alpha value is -4.57. The summed E-state index contributed by atoms with van der Waals surface area (Å²) in [5, 5.41) is 11.7. The number of aliphatic hydroxyl groups excluding tert-OH is 1. The normalized spacial score (nSPS) is 16.6. The minimum atomic E-state index is -0.983. The summed E-state index contributed by atoms with van der Waals surface area (Å²) in [6, 6.07) is 16.1. The molecular weight excluding hydrogens is 508 g/mol. The Morgan fingerprint density at radius 3 is 2.32 bits per heavy atom. The van der Waals surface area contributed by atoms with Crippen LogP contribution in [0.5, 0.6) is 23.0 Å². The van der Waals surface area contributed by atoms with Crippen molar-refractivity contribution >= 4 is 44.1 Å². The molecule has 9 nitrogen and oxygen atoms in total. The van der Waals surface area contributed by atoms with E-state index in [1.54, 1.807) is 61.7 Å². The maximum atomic E-state index is 13.5. The minimum absolute atomic E-state index is 0.0766. The number of Topliss-reactive ketones (excluding diaryl/α,β-unsaturated/α-hetero) is 1. The van der Waals surface area contributed by atoms with Crippen LogP contribution in [0.15, 0.2) is 66.2 Å². The molecule has 10 heteroatoms. The SMILES string of the molecule is COc1cccc(/C(O)=C2\C(=O)C(=O)N(c3nc4ccc(OC)cc4s3)C2c2ccc(OC)c(OC)c2)c1. The Balaban J connectivity index is 1.74. The summed E-state index contributed by atoms with van der Waals surface area (Å²) in [5.74, 6) is 0.0591. The number of hydrogen-bond acceptors (Lipinski definition) is 9. The van der Waals surface area contributed by atoms with E-state index < -0.39 is 17.7 Å². The molecule has 0 saturated carbocycles. The first-order chi connectivity index (χ1) is 18.4. The van der Waals surface area contributed by atoms with Crippen LogP contribution in [-0.2, 0) is 9.59 Å². The Morgan fingerprint density at radius 2 is 1.61 bits per heavy atom. The number of carbonyl (C=O) groups is 2. The molecule has 1 amide bonds. The second kappa shape index (κ2) is 10.1. The van der Waals surface area contributed by atoms with Crippen LogP contribution in [0.3, 0.4) is 0 Å². The molecule has 194 valence electrons. The van der Waals surface area contributed by atoms with Gasteiger partial charge in [-0.25, -0.2) is 4.98 Å². The maximum Gasteiger partial charge on any atom is 0.301 e. The monoisotopic (exact) mass is 532 g/mol. The third-order valence-corrected chi connectivity index (χ3v) is 7.32. The van der Waals surface area contributed by atoms with Gasteiger partial charge in [-0.2, -0.15) is 0 Å². The van der Waals surface area contributed by atoms with Crippen molar-refractivity contribution in [3.8, 4) is 23.0 Å². The zero-order chi connectivity index (χ0) is 27.0. The van der Waals surface area contributed by atoms with Crippen molar-refractivity contribution in [3.63, 3.8) is 0 Å². The van der Waals surface area contributed by atoms with Crippen LogP contribution in [0, 0.1) is 0 Å². The highest BCUT2D eigenvalue weighted by Gasteiger charge is 2.48. The van der Waals surface area contributed by atoms with Gasteiger partial charge in [-0.05, 0) is 48.0 Å². The molecule has 3 aromatic carbocycles. The lowest BCUT2D eigenvalue weighted by Gasteiger charge is -2.23. The predicted molar refractivity (Wildman–Crippen MR) is 143 cm³/mol. The fourth-order valence-electron chi connectivity index (χ4n) is 4.42. The van der Waals surface area contributed by atoms with Gasteiger partial charge in [0.25, 0.3) is 5.78 Å². The molecule has 1 N–H and O–H groups in total. The summed E-state index contributed by atoms with van der Waals surface area (Å²) < 4.78 is 22.2. The predicted octanol–water partition coefficient (Wildman–Crippen LogP) is 4.96. The fourth-order valence-corrected chi connectivity index (χ4v) is 5.44. The number of hydrogen-bond donors (Lipinski definition) is 1. The van der Waals surface area contributed by atoms with Crippen molar-refractivity contribution in [1.82, 2.24) is 4.98 Å². The van der Waals surface area contributed by atoms with Gasteiger partial charge >= 0.3 is 5.91 Å². The Morgan fingerprint density at radius 1 is 0.868 bits per heavy atom. The molecule has 0 aliphatic carbocycles. The smallest absolute Gasteiger partial charge is 0.301 e. The number of nitrogens with zero attached hydrogens (tertiary/aromatic N) is 2. The molecule has 1 aliphatic rings. The van der Waals surface area contributed by atoms with E-state index in [4.69, 9.17) is 18.9 Å². The molecule has 1 atom stereocenters. The van der Waals surface area contributed by atoms with Gasteiger partial charge in [0.1, 0.15) is 17.3 Å². The summed E-state index contributed by atoms with van der Waals surface area (Å²) in [6.07, 6.45) is 0. The lowest BCUT2D eigenvalue weighted by atomic mass is 9.95. The van der Waals surface area contributed by atoms with Gasteiger partial charge in [0.05, 0.1) is 50.3 Å². The van der Waals surface area contributed by atoms with Crippen molar-refractivity contribution < 1.29 is 33.6 Å². The zero-order valence-electron chi connectivity index (χ0n) is 21.1. The number of ketones is 1. The highest BCUT2D eigenvalue weighted by atomic mass is 32.1. The van der Waals surface area contributed by atoms with E-state index in [2.05, 4.69) is 4.98 Å². The first-order valence-corrected chi connectivity index (χ1v) is 12.3. The Labute approximate surface area is 222 Å². The summed E-state index contributed by atoms with van der Waals surface area (Å²) in [7, 11) is 6.08. The van der Waals surface area contributed by atoms with E-state index in [0.717, 1.165) is 4.70 Å². The van der Waals surface area contributed by atoms with Crippen molar-refractivity contribution in [2.24, 2.45) is 0 Å². The maximum absolute atomic E-state index is 13.5. The lowest BCUT2D eigenvalue weighted by Crippen LogP contribution is -2.29. The average molecular weight is 533 g/mol.